The first-order valence-electron chi connectivity index (χ1n) is 8.35. The van der Waals surface area contributed by atoms with Gasteiger partial charge in [0.25, 0.3) is 11.5 Å². The lowest BCUT2D eigenvalue weighted by Gasteiger charge is -2.10. The third-order valence-corrected chi connectivity index (χ3v) is 4.54. The first-order valence-corrected chi connectivity index (χ1v) is 9.23. The zero-order chi connectivity index (χ0) is 19.9. The van der Waals surface area contributed by atoms with Crippen LogP contribution < -0.4 is 25.7 Å². The van der Waals surface area contributed by atoms with Gasteiger partial charge in [0.1, 0.15) is 17.2 Å². The molecule has 1 aromatic carbocycles. The molecule has 0 aliphatic rings. The van der Waals surface area contributed by atoms with Gasteiger partial charge < -0.3 is 20.1 Å². The van der Waals surface area contributed by atoms with E-state index in [4.69, 9.17) is 9.47 Å². The summed E-state index contributed by atoms with van der Waals surface area (Å²) in [5.41, 5.74) is 0.776. The average Bonchev–Trinajstić information content (AvgIpc) is 3.18. The van der Waals surface area contributed by atoms with E-state index in [1.807, 2.05) is 6.07 Å². The first-order chi connectivity index (χ1) is 13.6. The molecular formula is C18H19N5O4S. The Hall–Kier alpha value is -3.40. The van der Waals surface area contributed by atoms with Crippen molar-refractivity contribution in [3.05, 3.63) is 58.0 Å². The highest BCUT2D eigenvalue weighted by Crippen LogP contribution is 2.32. The molecule has 28 heavy (non-hydrogen) atoms. The molecule has 2 aromatic heterocycles. The molecule has 0 radical (unpaired) electrons. The standard InChI is InChI=1S/C18H19N5O4S/c1-26-12-5-6-13(15(10-12)27-2)21-18-22-14(11-28-18)17(25)19-8-9-23-16(24)4-3-7-20-23/h3-7,10-11H,8-9H2,1-2H3,(H,19,25)(H,21,22). The normalized spacial score (nSPS) is 10.4. The molecule has 0 bridgehead atoms. The predicted octanol–water partition coefficient (Wildman–Crippen LogP) is 1.89. The number of rotatable bonds is 8. The van der Waals surface area contributed by atoms with Gasteiger partial charge in [-0.15, -0.1) is 11.3 Å². The number of thiazole rings is 1. The molecule has 146 valence electrons. The molecule has 0 aliphatic heterocycles. The number of methoxy groups -OCH3 is 2. The van der Waals surface area contributed by atoms with Crippen LogP contribution in [-0.4, -0.2) is 41.4 Å². The molecular weight excluding hydrogens is 382 g/mol. The van der Waals surface area contributed by atoms with Crippen molar-refractivity contribution in [3.63, 3.8) is 0 Å². The lowest BCUT2D eigenvalue weighted by Crippen LogP contribution is -2.31. The van der Waals surface area contributed by atoms with E-state index in [1.54, 1.807) is 37.8 Å². The van der Waals surface area contributed by atoms with Crippen LogP contribution in [0.1, 0.15) is 10.5 Å². The van der Waals surface area contributed by atoms with Crippen molar-refractivity contribution in [3.8, 4) is 11.5 Å². The van der Waals surface area contributed by atoms with Crippen molar-refractivity contribution in [2.24, 2.45) is 0 Å². The van der Waals surface area contributed by atoms with E-state index < -0.39 is 0 Å². The number of carbonyl (C=O) groups is 1. The number of nitrogens with zero attached hydrogens (tertiary/aromatic N) is 3. The Morgan fingerprint density at radius 3 is 2.86 bits per heavy atom. The molecule has 0 aliphatic carbocycles. The molecule has 0 saturated heterocycles. The zero-order valence-electron chi connectivity index (χ0n) is 15.3. The molecule has 10 heteroatoms. The van der Waals surface area contributed by atoms with E-state index in [0.29, 0.717) is 22.3 Å². The number of carbonyl (C=O) groups excluding carboxylic acids is 1. The molecule has 2 heterocycles. The smallest absolute Gasteiger partial charge is 0.270 e. The van der Waals surface area contributed by atoms with E-state index >= 15 is 0 Å². The maximum absolute atomic E-state index is 12.2. The van der Waals surface area contributed by atoms with E-state index in [2.05, 4.69) is 20.7 Å². The minimum Gasteiger partial charge on any atom is -0.497 e. The molecule has 0 atom stereocenters. The Morgan fingerprint density at radius 1 is 1.25 bits per heavy atom. The summed E-state index contributed by atoms with van der Waals surface area (Å²) in [4.78, 5) is 28.1. The highest BCUT2D eigenvalue weighted by Gasteiger charge is 2.12. The number of aromatic nitrogens is 3. The van der Waals surface area contributed by atoms with Crippen molar-refractivity contribution < 1.29 is 14.3 Å². The highest BCUT2D eigenvalue weighted by atomic mass is 32.1. The molecule has 3 rings (SSSR count). The average molecular weight is 401 g/mol. The molecule has 0 saturated carbocycles. The van der Waals surface area contributed by atoms with Crippen LogP contribution in [0.25, 0.3) is 0 Å². The minimum absolute atomic E-state index is 0.217. The first kappa shape index (κ1) is 19.4. The third-order valence-electron chi connectivity index (χ3n) is 3.78. The van der Waals surface area contributed by atoms with Gasteiger partial charge >= 0.3 is 0 Å². The number of anilines is 2. The van der Waals surface area contributed by atoms with Gasteiger partial charge in [-0.1, -0.05) is 0 Å². The summed E-state index contributed by atoms with van der Waals surface area (Å²) in [7, 11) is 3.14. The van der Waals surface area contributed by atoms with Gasteiger partial charge in [0.2, 0.25) is 0 Å². The second kappa shape index (κ2) is 9.00. The summed E-state index contributed by atoms with van der Waals surface area (Å²) in [5, 5.41) is 12.0. The van der Waals surface area contributed by atoms with Gasteiger partial charge in [0.05, 0.1) is 26.5 Å². The molecule has 9 nitrogen and oxygen atoms in total. The topological polar surface area (TPSA) is 107 Å². The number of benzene rings is 1. The second-order valence-electron chi connectivity index (χ2n) is 5.57. The van der Waals surface area contributed by atoms with Crippen LogP contribution in [0.3, 0.4) is 0 Å². The fraction of sp³-hybridized carbons (Fsp3) is 0.222. The molecule has 0 fully saturated rings. The summed E-state index contributed by atoms with van der Waals surface area (Å²) in [6.45, 7) is 0.548. The van der Waals surface area contributed by atoms with E-state index in [1.165, 1.54) is 28.3 Å². The van der Waals surface area contributed by atoms with E-state index in [9.17, 15) is 9.59 Å². The lowest BCUT2D eigenvalue weighted by molar-refractivity contribution is 0.0947. The number of hydrogen-bond acceptors (Lipinski definition) is 8. The Morgan fingerprint density at radius 2 is 2.11 bits per heavy atom. The van der Waals surface area contributed by atoms with Crippen molar-refractivity contribution >= 4 is 28.1 Å². The monoisotopic (exact) mass is 401 g/mol. The Bertz CT molecular complexity index is 1020. The molecule has 1 amide bonds. The molecule has 3 aromatic rings. The van der Waals surface area contributed by atoms with Crippen LogP contribution in [0.5, 0.6) is 11.5 Å². The second-order valence-corrected chi connectivity index (χ2v) is 6.43. The summed E-state index contributed by atoms with van der Waals surface area (Å²) in [6.07, 6.45) is 1.52. The van der Waals surface area contributed by atoms with E-state index in [0.717, 1.165) is 0 Å². The van der Waals surface area contributed by atoms with Gasteiger partial charge in [-0.3, -0.25) is 9.59 Å². The van der Waals surface area contributed by atoms with Gasteiger partial charge in [0.15, 0.2) is 5.13 Å². The number of hydrogen-bond donors (Lipinski definition) is 2. The van der Waals surface area contributed by atoms with Crippen molar-refractivity contribution in [2.45, 2.75) is 6.54 Å². The Kier molecular flexibility index (Phi) is 6.22. The fourth-order valence-electron chi connectivity index (χ4n) is 2.37. The van der Waals surface area contributed by atoms with Gasteiger partial charge in [0, 0.05) is 30.3 Å². The summed E-state index contributed by atoms with van der Waals surface area (Å²) >= 11 is 1.30. The molecule has 2 N–H and O–H groups in total. The van der Waals surface area contributed by atoms with Crippen LogP contribution in [0, 0.1) is 0 Å². The summed E-state index contributed by atoms with van der Waals surface area (Å²) < 4.78 is 11.8. The van der Waals surface area contributed by atoms with Gasteiger partial charge in [-0.25, -0.2) is 9.67 Å². The SMILES string of the molecule is COc1ccc(Nc2nc(C(=O)NCCn3ncccc3=O)cs2)c(OC)c1. The number of nitrogens with one attached hydrogen (secondary N) is 2. The Balaban J connectivity index is 1.60. The fourth-order valence-corrected chi connectivity index (χ4v) is 3.08. The van der Waals surface area contributed by atoms with Crippen molar-refractivity contribution in [1.82, 2.24) is 20.1 Å². The molecule has 0 spiro atoms. The maximum Gasteiger partial charge on any atom is 0.270 e. The van der Waals surface area contributed by atoms with E-state index in [-0.39, 0.29) is 30.2 Å². The van der Waals surface area contributed by atoms with Crippen LogP contribution in [0.2, 0.25) is 0 Å². The zero-order valence-corrected chi connectivity index (χ0v) is 16.2. The van der Waals surface area contributed by atoms with Crippen molar-refractivity contribution in [1.29, 1.82) is 0 Å². The number of ether oxygens (including phenoxy) is 2. The predicted molar refractivity (Wildman–Crippen MR) is 106 cm³/mol. The van der Waals surface area contributed by atoms with Crippen LogP contribution in [0.15, 0.2) is 46.7 Å². The quantitative estimate of drug-likeness (QED) is 0.593. The molecule has 0 unspecified atom stereocenters. The maximum atomic E-state index is 12.2. The van der Waals surface area contributed by atoms with Crippen LogP contribution in [-0.2, 0) is 6.54 Å². The van der Waals surface area contributed by atoms with Gasteiger partial charge in [-0.2, -0.15) is 5.10 Å². The third kappa shape index (κ3) is 4.65. The Labute approximate surface area is 164 Å². The summed E-state index contributed by atoms with van der Waals surface area (Å²) in [5.74, 6) is 0.949. The number of amides is 1. The largest absolute Gasteiger partial charge is 0.497 e. The van der Waals surface area contributed by atoms with Crippen molar-refractivity contribution in [2.75, 3.05) is 26.1 Å². The highest BCUT2D eigenvalue weighted by molar-refractivity contribution is 7.14. The lowest BCUT2D eigenvalue weighted by atomic mass is 10.3. The van der Waals surface area contributed by atoms with Gasteiger partial charge in [-0.05, 0) is 18.2 Å². The minimum atomic E-state index is -0.324. The summed E-state index contributed by atoms with van der Waals surface area (Å²) in [6, 6.07) is 8.35. The van der Waals surface area contributed by atoms with Crippen LogP contribution in [0.4, 0.5) is 10.8 Å². The van der Waals surface area contributed by atoms with Crippen LogP contribution >= 0.6 is 11.3 Å².